The lowest BCUT2D eigenvalue weighted by Crippen LogP contribution is -2.28. The summed E-state index contributed by atoms with van der Waals surface area (Å²) in [4.78, 5) is 0. The Hall–Kier alpha value is -0.830. The van der Waals surface area contributed by atoms with Gasteiger partial charge in [0, 0.05) is 18.0 Å². The summed E-state index contributed by atoms with van der Waals surface area (Å²) in [6.45, 7) is 2.23. The fourth-order valence-electron chi connectivity index (χ4n) is 1.55. The molecule has 0 aromatic carbocycles. The molecule has 60 valence electrons. The Labute approximate surface area is 65.8 Å². The van der Waals surface area contributed by atoms with Crippen LogP contribution < -0.4 is 5.32 Å². The minimum Gasteiger partial charge on any atom is -0.364 e. The molecule has 1 aromatic heterocycles. The van der Waals surface area contributed by atoms with Gasteiger partial charge in [-0.1, -0.05) is 5.16 Å². The summed E-state index contributed by atoms with van der Waals surface area (Å²) in [7, 11) is 0. The molecule has 0 saturated carbocycles. The first-order valence-corrected chi connectivity index (χ1v) is 4.07. The molecule has 1 saturated heterocycles. The molecule has 0 aliphatic carbocycles. The third-order valence-corrected chi connectivity index (χ3v) is 2.22. The van der Waals surface area contributed by atoms with Gasteiger partial charge in [0.2, 0.25) is 0 Å². The number of aromatic nitrogens is 1. The van der Waals surface area contributed by atoms with Gasteiger partial charge in [0.05, 0.1) is 6.20 Å². The monoisotopic (exact) mass is 152 g/mol. The Morgan fingerprint density at radius 1 is 1.64 bits per heavy atom. The predicted molar refractivity (Wildman–Crippen MR) is 41.3 cm³/mol. The van der Waals surface area contributed by atoms with Crippen LogP contribution in [0.3, 0.4) is 0 Å². The van der Waals surface area contributed by atoms with Crippen LogP contribution in [0.25, 0.3) is 0 Å². The Balaban J connectivity index is 2.04. The second-order valence-electron chi connectivity index (χ2n) is 3.00. The zero-order valence-electron chi connectivity index (χ0n) is 6.42. The van der Waals surface area contributed by atoms with E-state index in [1.807, 2.05) is 6.20 Å². The lowest BCUT2D eigenvalue weighted by atomic mass is 9.94. The molecular weight excluding hydrogens is 140 g/mol. The van der Waals surface area contributed by atoms with Crippen LogP contribution in [0.15, 0.2) is 17.0 Å². The summed E-state index contributed by atoms with van der Waals surface area (Å²) in [5.74, 6) is 0.620. The van der Waals surface area contributed by atoms with Crippen molar-refractivity contribution in [3.8, 4) is 0 Å². The Morgan fingerprint density at radius 2 is 2.64 bits per heavy atom. The number of piperidine rings is 1. The van der Waals surface area contributed by atoms with Gasteiger partial charge >= 0.3 is 0 Å². The molecule has 0 bridgehead atoms. The van der Waals surface area contributed by atoms with Crippen LogP contribution in [0.1, 0.15) is 24.3 Å². The van der Waals surface area contributed by atoms with E-state index in [0.29, 0.717) is 5.92 Å². The van der Waals surface area contributed by atoms with E-state index >= 15 is 0 Å². The molecule has 1 unspecified atom stereocenters. The first-order valence-electron chi connectivity index (χ1n) is 4.07. The third kappa shape index (κ3) is 1.43. The summed E-state index contributed by atoms with van der Waals surface area (Å²) < 4.78 is 4.79. The zero-order chi connectivity index (χ0) is 7.52. The smallest absolute Gasteiger partial charge is 0.127 e. The molecule has 1 aliphatic heterocycles. The summed E-state index contributed by atoms with van der Waals surface area (Å²) in [5.41, 5.74) is 1.23. The highest BCUT2D eigenvalue weighted by Gasteiger charge is 2.15. The number of rotatable bonds is 1. The minimum atomic E-state index is 0.620. The van der Waals surface area contributed by atoms with E-state index in [0.717, 1.165) is 13.1 Å². The standard InChI is InChI=1S/C8H12N2O/c1-2-7(4-9-3-1)8-5-10-11-6-8/h5-7,9H,1-4H2. The maximum atomic E-state index is 4.79. The van der Waals surface area contributed by atoms with Crippen LogP contribution in [0, 0.1) is 0 Å². The van der Waals surface area contributed by atoms with Crippen molar-refractivity contribution in [2.24, 2.45) is 0 Å². The van der Waals surface area contributed by atoms with Crippen molar-refractivity contribution in [2.75, 3.05) is 13.1 Å². The average molecular weight is 152 g/mol. The Kier molecular flexibility index (Phi) is 1.90. The van der Waals surface area contributed by atoms with Crippen molar-refractivity contribution in [2.45, 2.75) is 18.8 Å². The van der Waals surface area contributed by atoms with Crippen molar-refractivity contribution in [3.05, 3.63) is 18.0 Å². The molecular formula is C8H12N2O. The van der Waals surface area contributed by atoms with Gasteiger partial charge in [-0.15, -0.1) is 0 Å². The molecule has 0 spiro atoms. The Bertz CT molecular complexity index is 202. The first kappa shape index (κ1) is 6.85. The van der Waals surface area contributed by atoms with Crippen molar-refractivity contribution >= 4 is 0 Å². The highest BCUT2D eigenvalue weighted by Crippen LogP contribution is 2.21. The molecule has 0 radical (unpaired) electrons. The fourth-order valence-corrected chi connectivity index (χ4v) is 1.55. The van der Waals surface area contributed by atoms with E-state index in [1.54, 1.807) is 6.26 Å². The van der Waals surface area contributed by atoms with Crippen molar-refractivity contribution in [1.82, 2.24) is 10.5 Å². The van der Waals surface area contributed by atoms with Crippen LogP contribution in [0.4, 0.5) is 0 Å². The van der Waals surface area contributed by atoms with Gasteiger partial charge in [-0.05, 0) is 19.4 Å². The quantitative estimate of drug-likeness (QED) is 0.655. The van der Waals surface area contributed by atoms with Crippen LogP contribution >= 0.6 is 0 Å². The van der Waals surface area contributed by atoms with Crippen LogP contribution in [0.5, 0.6) is 0 Å². The van der Waals surface area contributed by atoms with Gasteiger partial charge in [0.25, 0.3) is 0 Å². The van der Waals surface area contributed by atoms with E-state index in [-0.39, 0.29) is 0 Å². The van der Waals surface area contributed by atoms with Crippen molar-refractivity contribution in [3.63, 3.8) is 0 Å². The van der Waals surface area contributed by atoms with E-state index in [1.165, 1.54) is 18.4 Å². The van der Waals surface area contributed by atoms with Crippen LogP contribution in [-0.4, -0.2) is 18.2 Å². The molecule has 3 heteroatoms. The normalized spacial score (nSPS) is 25.3. The van der Waals surface area contributed by atoms with Gasteiger partial charge in [-0.3, -0.25) is 0 Å². The molecule has 11 heavy (non-hydrogen) atoms. The zero-order valence-corrected chi connectivity index (χ0v) is 6.42. The second kappa shape index (κ2) is 3.05. The fraction of sp³-hybridized carbons (Fsp3) is 0.625. The summed E-state index contributed by atoms with van der Waals surface area (Å²) in [6.07, 6.45) is 6.08. The van der Waals surface area contributed by atoms with Gasteiger partial charge in [0.15, 0.2) is 0 Å². The van der Waals surface area contributed by atoms with Gasteiger partial charge in [-0.2, -0.15) is 0 Å². The molecule has 1 N–H and O–H groups in total. The minimum absolute atomic E-state index is 0.620. The SMILES string of the molecule is c1nocc1C1CCCNC1. The molecule has 1 atom stereocenters. The predicted octanol–water partition coefficient (Wildman–Crippen LogP) is 1.14. The summed E-state index contributed by atoms with van der Waals surface area (Å²) >= 11 is 0. The number of hydrogen-bond acceptors (Lipinski definition) is 3. The van der Waals surface area contributed by atoms with Crippen molar-refractivity contribution < 1.29 is 4.52 Å². The van der Waals surface area contributed by atoms with E-state index < -0.39 is 0 Å². The summed E-state index contributed by atoms with van der Waals surface area (Å²) in [5, 5.41) is 7.05. The highest BCUT2D eigenvalue weighted by atomic mass is 16.5. The first-order chi connectivity index (χ1) is 5.47. The molecule has 1 aromatic rings. The molecule has 1 aliphatic rings. The molecule has 1 fully saturated rings. The van der Waals surface area contributed by atoms with Gasteiger partial charge in [0.1, 0.15) is 6.26 Å². The maximum Gasteiger partial charge on any atom is 0.127 e. The van der Waals surface area contributed by atoms with Crippen molar-refractivity contribution in [1.29, 1.82) is 0 Å². The highest BCUT2D eigenvalue weighted by molar-refractivity contribution is 5.09. The van der Waals surface area contributed by atoms with E-state index in [2.05, 4.69) is 10.5 Å². The number of hydrogen-bond donors (Lipinski definition) is 1. The lowest BCUT2D eigenvalue weighted by molar-refractivity contribution is 0.414. The van der Waals surface area contributed by atoms with E-state index in [9.17, 15) is 0 Å². The maximum absolute atomic E-state index is 4.79. The second-order valence-corrected chi connectivity index (χ2v) is 3.00. The average Bonchev–Trinajstić information content (AvgIpc) is 2.58. The Morgan fingerprint density at radius 3 is 3.27 bits per heavy atom. The largest absolute Gasteiger partial charge is 0.364 e. The molecule has 2 heterocycles. The summed E-state index contributed by atoms with van der Waals surface area (Å²) in [6, 6.07) is 0. The van der Waals surface area contributed by atoms with Crippen LogP contribution in [0.2, 0.25) is 0 Å². The lowest BCUT2D eigenvalue weighted by Gasteiger charge is -2.20. The van der Waals surface area contributed by atoms with Gasteiger partial charge < -0.3 is 9.84 Å². The topological polar surface area (TPSA) is 38.1 Å². The number of nitrogens with zero attached hydrogens (tertiary/aromatic N) is 1. The molecule has 0 amide bonds. The van der Waals surface area contributed by atoms with Gasteiger partial charge in [-0.25, -0.2) is 0 Å². The molecule has 3 nitrogen and oxygen atoms in total. The number of nitrogens with one attached hydrogen (secondary N) is 1. The molecule has 2 rings (SSSR count). The van der Waals surface area contributed by atoms with E-state index in [4.69, 9.17) is 4.52 Å². The third-order valence-electron chi connectivity index (χ3n) is 2.22. The van der Waals surface area contributed by atoms with Crippen LogP contribution in [-0.2, 0) is 0 Å².